The SMILES string of the molecule is CC(C)(C)OC(=O)CN1CCC(C2=NC3=C(c4cnc5ccccc5c4)C=NN(C3)C(N)=C2)CC1. The summed E-state index contributed by atoms with van der Waals surface area (Å²) in [4.78, 5) is 24.1. The number of hydrogen-bond donors (Lipinski definition) is 1. The molecule has 2 aromatic rings. The molecule has 0 spiro atoms. The lowest BCUT2D eigenvalue weighted by molar-refractivity contribution is -0.156. The van der Waals surface area contributed by atoms with E-state index in [2.05, 4.69) is 27.1 Å². The lowest BCUT2D eigenvalue weighted by Gasteiger charge is -2.32. The number of rotatable bonds is 4. The van der Waals surface area contributed by atoms with Crippen LogP contribution < -0.4 is 5.73 Å². The highest BCUT2D eigenvalue weighted by molar-refractivity contribution is 6.13. The molecule has 4 heterocycles. The number of fused-ring (bicyclic) bond motifs is 3. The molecule has 1 aromatic heterocycles. The average molecular weight is 473 g/mol. The number of ether oxygens (including phenoxy) is 1. The summed E-state index contributed by atoms with van der Waals surface area (Å²) in [6.07, 6.45) is 7.50. The van der Waals surface area contributed by atoms with Gasteiger partial charge in [0, 0.05) is 40.4 Å². The first kappa shape index (κ1) is 23.2. The van der Waals surface area contributed by atoms with E-state index in [-0.39, 0.29) is 11.9 Å². The van der Waals surface area contributed by atoms with Crippen LogP contribution in [0.3, 0.4) is 0 Å². The van der Waals surface area contributed by atoms with Crippen molar-refractivity contribution in [3.63, 3.8) is 0 Å². The summed E-state index contributed by atoms with van der Waals surface area (Å²) < 4.78 is 5.48. The Balaban J connectivity index is 1.36. The minimum atomic E-state index is -0.464. The van der Waals surface area contributed by atoms with Crippen LogP contribution in [-0.4, -0.2) is 64.6 Å². The van der Waals surface area contributed by atoms with Gasteiger partial charge in [0.2, 0.25) is 0 Å². The average Bonchev–Trinajstić information content (AvgIpc) is 2.94. The monoisotopic (exact) mass is 472 g/mol. The summed E-state index contributed by atoms with van der Waals surface area (Å²) in [6.45, 7) is 8.16. The summed E-state index contributed by atoms with van der Waals surface area (Å²) in [6, 6.07) is 10.2. The van der Waals surface area contributed by atoms with Crippen LogP contribution >= 0.6 is 0 Å². The Kier molecular flexibility index (Phi) is 6.15. The van der Waals surface area contributed by atoms with E-state index in [1.165, 1.54) is 0 Å². The number of pyridine rings is 1. The predicted molar refractivity (Wildman–Crippen MR) is 139 cm³/mol. The minimum absolute atomic E-state index is 0.176. The van der Waals surface area contributed by atoms with E-state index in [4.69, 9.17) is 15.5 Å². The summed E-state index contributed by atoms with van der Waals surface area (Å²) in [5, 5.41) is 7.46. The van der Waals surface area contributed by atoms with Crippen LogP contribution in [0.1, 0.15) is 39.2 Å². The zero-order valence-corrected chi connectivity index (χ0v) is 20.6. The van der Waals surface area contributed by atoms with Crippen molar-refractivity contribution in [2.24, 2.45) is 21.7 Å². The van der Waals surface area contributed by atoms with Gasteiger partial charge in [-0.1, -0.05) is 18.2 Å². The Bertz CT molecular complexity index is 1260. The molecule has 8 nitrogen and oxygen atoms in total. The van der Waals surface area contributed by atoms with Gasteiger partial charge < -0.3 is 10.5 Å². The zero-order chi connectivity index (χ0) is 24.6. The number of benzene rings is 1. The number of likely N-dealkylation sites (tertiary alicyclic amines) is 1. The number of carbonyl (C=O) groups excluding carboxylic acids is 1. The summed E-state index contributed by atoms with van der Waals surface area (Å²) >= 11 is 0. The van der Waals surface area contributed by atoms with Crippen molar-refractivity contribution in [3.8, 4) is 0 Å². The fourth-order valence-electron chi connectivity index (χ4n) is 4.75. The van der Waals surface area contributed by atoms with Crippen LogP contribution in [-0.2, 0) is 9.53 Å². The Morgan fingerprint density at radius 1 is 1.20 bits per heavy atom. The number of allylic oxidation sites excluding steroid dienone is 2. The van der Waals surface area contributed by atoms with Gasteiger partial charge in [-0.25, -0.2) is 5.01 Å². The number of carbonyl (C=O) groups is 1. The van der Waals surface area contributed by atoms with Crippen LogP contribution in [0.5, 0.6) is 0 Å². The lowest BCUT2D eigenvalue weighted by Crippen LogP contribution is -2.41. The summed E-state index contributed by atoms with van der Waals surface area (Å²) in [5.41, 5.74) is 10.8. The van der Waals surface area contributed by atoms with Crippen LogP contribution in [0, 0.1) is 5.92 Å². The molecule has 3 aliphatic rings. The van der Waals surface area contributed by atoms with Gasteiger partial charge in [-0.3, -0.25) is 19.7 Å². The van der Waals surface area contributed by atoms with Crippen LogP contribution in [0.15, 0.2) is 64.2 Å². The number of nitrogens with two attached hydrogens (primary N) is 1. The number of nitrogens with zero attached hydrogens (tertiary/aromatic N) is 5. The van der Waals surface area contributed by atoms with E-state index in [0.717, 1.165) is 59.4 Å². The van der Waals surface area contributed by atoms with Gasteiger partial charge in [-0.05, 0) is 58.8 Å². The summed E-state index contributed by atoms with van der Waals surface area (Å²) in [7, 11) is 0. The van der Waals surface area contributed by atoms with Gasteiger partial charge in [0.05, 0.1) is 30.5 Å². The summed E-state index contributed by atoms with van der Waals surface area (Å²) in [5.74, 6) is 0.693. The molecule has 1 fully saturated rings. The fraction of sp³-hybridized carbons (Fsp3) is 0.407. The highest BCUT2D eigenvalue weighted by atomic mass is 16.6. The normalized spacial score (nSPS) is 19.5. The molecule has 1 aromatic carbocycles. The second-order valence-corrected chi connectivity index (χ2v) is 10.3. The van der Waals surface area contributed by atoms with E-state index in [0.29, 0.717) is 18.9 Å². The Labute approximate surface area is 205 Å². The first-order chi connectivity index (χ1) is 16.7. The van der Waals surface area contributed by atoms with E-state index < -0.39 is 5.60 Å². The van der Waals surface area contributed by atoms with Crippen molar-refractivity contribution in [2.45, 2.75) is 39.2 Å². The number of aliphatic imine (C=N–C) groups is 1. The Morgan fingerprint density at radius 2 is 1.97 bits per heavy atom. The number of piperidine rings is 1. The quantitative estimate of drug-likeness (QED) is 0.684. The van der Waals surface area contributed by atoms with Gasteiger partial charge in [0.1, 0.15) is 11.4 Å². The highest BCUT2D eigenvalue weighted by Crippen LogP contribution is 2.30. The molecule has 2 N–H and O–H groups in total. The number of hydrazone groups is 1. The molecule has 0 atom stereocenters. The molecule has 0 radical (unpaired) electrons. The number of para-hydroxylation sites is 1. The van der Waals surface area contributed by atoms with Crippen LogP contribution in [0.4, 0.5) is 0 Å². The first-order valence-electron chi connectivity index (χ1n) is 12.1. The van der Waals surface area contributed by atoms with Gasteiger partial charge in [-0.15, -0.1) is 0 Å². The van der Waals surface area contributed by atoms with E-state index in [9.17, 15) is 4.79 Å². The van der Waals surface area contributed by atoms with E-state index in [1.807, 2.05) is 57.5 Å². The highest BCUT2D eigenvalue weighted by Gasteiger charge is 2.29. The Hall–Kier alpha value is -3.52. The first-order valence-corrected chi connectivity index (χ1v) is 12.1. The number of hydrogen-bond acceptors (Lipinski definition) is 8. The molecular weight excluding hydrogens is 440 g/mol. The van der Waals surface area contributed by atoms with Crippen molar-refractivity contribution in [1.82, 2.24) is 14.9 Å². The van der Waals surface area contributed by atoms with Gasteiger partial charge >= 0.3 is 5.97 Å². The zero-order valence-electron chi connectivity index (χ0n) is 20.6. The topological polar surface area (TPSA) is 96.4 Å². The van der Waals surface area contributed by atoms with Crippen LogP contribution in [0.25, 0.3) is 16.5 Å². The number of esters is 1. The van der Waals surface area contributed by atoms with Crippen molar-refractivity contribution in [1.29, 1.82) is 0 Å². The molecule has 3 aliphatic heterocycles. The maximum Gasteiger partial charge on any atom is 0.320 e. The number of aromatic nitrogens is 1. The molecule has 182 valence electrons. The minimum Gasteiger partial charge on any atom is -0.459 e. The molecule has 8 heteroatoms. The van der Waals surface area contributed by atoms with Crippen molar-refractivity contribution < 1.29 is 9.53 Å². The smallest absolute Gasteiger partial charge is 0.320 e. The van der Waals surface area contributed by atoms with Crippen LogP contribution in [0.2, 0.25) is 0 Å². The van der Waals surface area contributed by atoms with Gasteiger partial charge in [0.25, 0.3) is 0 Å². The molecule has 35 heavy (non-hydrogen) atoms. The molecule has 0 aliphatic carbocycles. The van der Waals surface area contributed by atoms with Gasteiger partial charge in [0.15, 0.2) is 0 Å². The van der Waals surface area contributed by atoms with E-state index in [1.54, 1.807) is 5.01 Å². The third-order valence-electron chi connectivity index (χ3n) is 6.47. The predicted octanol–water partition coefficient (Wildman–Crippen LogP) is 3.56. The molecule has 0 unspecified atom stereocenters. The standard InChI is InChI=1S/C27H32N6O2/c1-27(2,3)35-26(34)17-32-10-8-18(9-11-32)23-13-25(28)33-16-24(31-23)21(15-30-33)20-12-19-6-4-5-7-22(19)29-14-20/h4-7,12-15,18H,8-11,16-17,28H2,1-3H3. The van der Waals surface area contributed by atoms with Crippen molar-refractivity contribution >= 4 is 34.4 Å². The molecule has 2 bridgehead atoms. The molecule has 0 saturated carbocycles. The third-order valence-corrected chi connectivity index (χ3v) is 6.47. The maximum absolute atomic E-state index is 12.2. The van der Waals surface area contributed by atoms with Crippen molar-refractivity contribution in [2.75, 3.05) is 26.2 Å². The molecule has 5 rings (SSSR count). The maximum atomic E-state index is 12.2. The second-order valence-electron chi connectivity index (χ2n) is 10.3. The Morgan fingerprint density at radius 3 is 2.74 bits per heavy atom. The molecule has 1 saturated heterocycles. The third kappa shape index (κ3) is 5.27. The largest absolute Gasteiger partial charge is 0.459 e. The van der Waals surface area contributed by atoms with Gasteiger partial charge in [-0.2, -0.15) is 5.10 Å². The lowest BCUT2D eigenvalue weighted by atomic mass is 9.91. The molecule has 0 amide bonds. The second kappa shape index (κ2) is 9.26. The van der Waals surface area contributed by atoms with Crippen molar-refractivity contribution in [3.05, 3.63) is 59.7 Å². The van der Waals surface area contributed by atoms with E-state index >= 15 is 0 Å². The molecular formula is C27H32N6O2. The fourth-order valence-corrected chi connectivity index (χ4v) is 4.75.